The largest absolute Gasteiger partial charge is 0.455 e. The van der Waals surface area contributed by atoms with Crippen molar-refractivity contribution in [1.29, 1.82) is 10.5 Å². The van der Waals surface area contributed by atoms with Crippen molar-refractivity contribution in [1.82, 2.24) is 9.13 Å². The van der Waals surface area contributed by atoms with Crippen molar-refractivity contribution in [2.75, 3.05) is 0 Å². The molecule has 0 bridgehead atoms. The Morgan fingerprint density at radius 1 is 0.442 bits per heavy atom. The highest BCUT2D eigenvalue weighted by Gasteiger charge is 2.30. The Bertz CT molecular complexity index is 2600. The molecule has 0 fully saturated rings. The van der Waals surface area contributed by atoms with Crippen LogP contribution in [0.1, 0.15) is 11.1 Å². The van der Waals surface area contributed by atoms with Crippen LogP contribution in [0.3, 0.4) is 0 Å². The van der Waals surface area contributed by atoms with E-state index < -0.39 is 0 Å². The van der Waals surface area contributed by atoms with E-state index in [-0.39, 0.29) is 0 Å². The molecule has 9 aromatic rings. The smallest absolute Gasteiger partial charge is 0.156 e. The highest BCUT2D eigenvalue weighted by molar-refractivity contribution is 6.17. The standard InChI is InChI=1S/C38H20N4O/c39-21-28-35-27-15-5-10-20-34(27)43-38(35)29(22-40)37(42-32-18-8-3-13-25(32)26-14-4-9-19-33(26)42)36(28)41-30-16-6-1-11-23(30)24-12-2-7-17-31(24)41/h1-20H. The average Bonchev–Trinajstić information content (AvgIpc) is 3.72. The van der Waals surface area contributed by atoms with E-state index in [1.54, 1.807) is 0 Å². The molecule has 0 atom stereocenters. The van der Waals surface area contributed by atoms with Crippen LogP contribution < -0.4 is 0 Å². The first-order valence-electron chi connectivity index (χ1n) is 14.1. The minimum Gasteiger partial charge on any atom is -0.455 e. The number of fused-ring (bicyclic) bond motifs is 9. The molecule has 5 nitrogen and oxygen atoms in total. The number of nitriles is 2. The minimum absolute atomic E-state index is 0.383. The monoisotopic (exact) mass is 548 g/mol. The number of para-hydroxylation sites is 5. The maximum Gasteiger partial charge on any atom is 0.156 e. The summed E-state index contributed by atoms with van der Waals surface area (Å²) >= 11 is 0. The van der Waals surface area contributed by atoms with Gasteiger partial charge in [-0.15, -0.1) is 0 Å². The maximum absolute atomic E-state index is 11.1. The highest BCUT2D eigenvalue weighted by atomic mass is 16.3. The van der Waals surface area contributed by atoms with E-state index in [9.17, 15) is 10.5 Å². The molecule has 9 rings (SSSR count). The lowest BCUT2D eigenvalue weighted by Crippen LogP contribution is -2.09. The van der Waals surface area contributed by atoms with Crippen LogP contribution in [0.2, 0.25) is 0 Å². The fourth-order valence-corrected chi connectivity index (χ4v) is 6.91. The minimum atomic E-state index is 0.383. The molecule has 6 aromatic carbocycles. The van der Waals surface area contributed by atoms with Crippen molar-refractivity contribution in [3.05, 3.63) is 132 Å². The number of nitrogens with zero attached hydrogens (tertiary/aromatic N) is 4. The van der Waals surface area contributed by atoms with Gasteiger partial charge in [0.25, 0.3) is 0 Å². The molecule has 0 unspecified atom stereocenters. The molecule has 198 valence electrons. The van der Waals surface area contributed by atoms with Crippen molar-refractivity contribution >= 4 is 65.6 Å². The predicted octanol–water partition coefficient (Wildman–Crippen LogP) is 9.52. The second-order valence-electron chi connectivity index (χ2n) is 10.7. The van der Waals surface area contributed by atoms with E-state index in [2.05, 4.69) is 69.8 Å². The van der Waals surface area contributed by atoms with Gasteiger partial charge in [-0.3, -0.25) is 0 Å². The number of hydrogen-bond donors (Lipinski definition) is 0. The third-order valence-electron chi connectivity index (χ3n) is 8.60. The maximum atomic E-state index is 11.1. The Labute approximate surface area is 245 Å². The molecule has 0 aliphatic carbocycles. The van der Waals surface area contributed by atoms with Gasteiger partial charge in [-0.2, -0.15) is 10.5 Å². The van der Waals surface area contributed by atoms with Gasteiger partial charge in [0.2, 0.25) is 0 Å². The molecule has 0 aliphatic rings. The van der Waals surface area contributed by atoms with Gasteiger partial charge in [-0.1, -0.05) is 91.0 Å². The van der Waals surface area contributed by atoms with Crippen molar-refractivity contribution in [3.63, 3.8) is 0 Å². The fourth-order valence-electron chi connectivity index (χ4n) is 6.91. The third-order valence-corrected chi connectivity index (χ3v) is 8.60. The van der Waals surface area contributed by atoms with Crippen molar-refractivity contribution in [2.45, 2.75) is 0 Å². The van der Waals surface area contributed by atoms with E-state index >= 15 is 0 Å². The molecule has 0 radical (unpaired) electrons. The number of furan rings is 1. The second kappa shape index (κ2) is 8.60. The molecule has 0 aliphatic heterocycles. The van der Waals surface area contributed by atoms with Crippen LogP contribution in [0.5, 0.6) is 0 Å². The van der Waals surface area contributed by atoms with Crippen LogP contribution in [0, 0.1) is 22.7 Å². The molecular weight excluding hydrogens is 528 g/mol. The van der Waals surface area contributed by atoms with Gasteiger partial charge in [0.05, 0.1) is 39.0 Å². The topological polar surface area (TPSA) is 70.6 Å². The molecule has 0 amide bonds. The quantitative estimate of drug-likeness (QED) is 0.216. The van der Waals surface area contributed by atoms with E-state index in [1.165, 1.54) is 0 Å². The fraction of sp³-hybridized carbons (Fsp3) is 0. The molecule has 43 heavy (non-hydrogen) atoms. The number of benzene rings is 6. The van der Waals surface area contributed by atoms with Crippen LogP contribution in [-0.4, -0.2) is 9.13 Å². The summed E-state index contributed by atoms with van der Waals surface area (Å²) in [4.78, 5) is 0. The van der Waals surface area contributed by atoms with Crippen molar-refractivity contribution < 1.29 is 4.42 Å². The lowest BCUT2D eigenvalue weighted by molar-refractivity contribution is 0.667. The second-order valence-corrected chi connectivity index (χ2v) is 10.7. The van der Waals surface area contributed by atoms with E-state index in [4.69, 9.17) is 4.42 Å². The van der Waals surface area contributed by atoms with Crippen LogP contribution in [0.4, 0.5) is 0 Å². The lowest BCUT2D eigenvalue weighted by Gasteiger charge is -2.20. The first-order chi connectivity index (χ1) is 21.3. The van der Waals surface area contributed by atoms with Gasteiger partial charge >= 0.3 is 0 Å². The Hall–Kier alpha value is -6.30. The Balaban J connectivity index is 1.63. The summed E-state index contributed by atoms with van der Waals surface area (Å²) in [6.45, 7) is 0. The van der Waals surface area contributed by atoms with Crippen LogP contribution >= 0.6 is 0 Å². The molecule has 0 saturated heterocycles. The van der Waals surface area contributed by atoms with Gasteiger partial charge in [-0.05, 0) is 30.3 Å². The Morgan fingerprint density at radius 2 is 0.814 bits per heavy atom. The Morgan fingerprint density at radius 3 is 1.26 bits per heavy atom. The molecule has 0 saturated carbocycles. The molecule has 3 heterocycles. The third kappa shape index (κ3) is 2.98. The molecule has 0 spiro atoms. The molecule has 3 aromatic heterocycles. The first-order valence-corrected chi connectivity index (χ1v) is 14.1. The predicted molar refractivity (Wildman–Crippen MR) is 172 cm³/mol. The number of hydrogen-bond acceptors (Lipinski definition) is 3. The zero-order valence-electron chi connectivity index (χ0n) is 22.7. The van der Waals surface area contributed by atoms with Gasteiger partial charge in [-0.25, -0.2) is 0 Å². The normalized spacial score (nSPS) is 11.7. The summed E-state index contributed by atoms with van der Waals surface area (Å²) in [5.74, 6) is 0. The summed E-state index contributed by atoms with van der Waals surface area (Å²) in [5.41, 5.74) is 6.98. The summed E-state index contributed by atoms with van der Waals surface area (Å²) in [7, 11) is 0. The van der Waals surface area contributed by atoms with E-state index in [0.717, 1.165) is 49.0 Å². The average molecular weight is 549 g/mol. The van der Waals surface area contributed by atoms with Crippen LogP contribution in [0.25, 0.3) is 76.9 Å². The zero-order valence-corrected chi connectivity index (χ0v) is 22.7. The van der Waals surface area contributed by atoms with Gasteiger partial charge in [0.1, 0.15) is 23.3 Å². The summed E-state index contributed by atoms with van der Waals surface area (Å²) in [6, 6.07) is 45.7. The molecular formula is C38H20N4O. The van der Waals surface area contributed by atoms with E-state index in [1.807, 2.05) is 72.8 Å². The first kappa shape index (κ1) is 23.4. The number of aromatic nitrogens is 2. The number of rotatable bonds is 2. The van der Waals surface area contributed by atoms with Gasteiger partial charge in [0.15, 0.2) is 5.58 Å². The van der Waals surface area contributed by atoms with E-state index in [0.29, 0.717) is 39.1 Å². The van der Waals surface area contributed by atoms with Gasteiger partial charge in [0, 0.05) is 32.3 Å². The van der Waals surface area contributed by atoms with Crippen LogP contribution in [-0.2, 0) is 0 Å². The van der Waals surface area contributed by atoms with Crippen molar-refractivity contribution in [2.24, 2.45) is 0 Å². The lowest BCUT2D eigenvalue weighted by atomic mass is 9.98. The summed E-state index contributed by atoms with van der Waals surface area (Å²) < 4.78 is 10.7. The molecule has 0 N–H and O–H groups in total. The Kier molecular flexibility index (Phi) is 4.68. The van der Waals surface area contributed by atoms with Crippen molar-refractivity contribution in [3.8, 4) is 23.5 Å². The van der Waals surface area contributed by atoms with Crippen LogP contribution in [0.15, 0.2) is 126 Å². The summed E-state index contributed by atoms with van der Waals surface area (Å²) in [6.07, 6.45) is 0. The highest BCUT2D eigenvalue weighted by Crippen LogP contribution is 2.45. The SMILES string of the molecule is N#Cc1c(-n2c3ccccc3c3ccccc32)c(-n2c3ccccc3c3ccccc32)c(C#N)c2c1oc1ccccc12. The zero-order chi connectivity index (χ0) is 28.7. The molecule has 5 heteroatoms. The summed E-state index contributed by atoms with van der Waals surface area (Å²) in [5, 5.41) is 27.8. The van der Waals surface area contributed by atoms with Gasteiger partial charge < -0.3 is 13.6 Å².